The molecule has 6 nitrogen and oxygen atoms in total. The Balaban J connectivity index is 2.04. The summed E-state index contributed by atoms with van der Waals surface area (Å²) in [4.78, 5) is 20.5. The molecule has 2 N–H and O–H groups in total. The first-order valence-corrected chi connectivity index (χ1v) is 7.08. The molecule has 0 fully saturated rings. The number of anilines is 2. The molecule has 7 heteroatoms. The minimum absolute atomic E-state index is 0.00599. The van der Waals surface area contributed by atoms with Crippen LogP contribution >= 0.6 is 11.6 Å². The summed E-state index contributed by atoms with van der Waals surface area (Å²) in [6.45, 7) is 2.41. The molecule has 0 amide bonds. The number of nitrogens with one attached hydrogen (secondary N) is 1. The topological polar surface area (TPSA) is 80.0 Å². The number of phenols is 1. The van der Waals surface area contributed by atoms with E-state index in [1.807, 2.05) is 6.92 Å². The van der Waals surface area contributed by atoms with Crippen LogP contribution in [0.2, 0.25) is 5.02 Å². The van der Waals surface area contributed by atoms with Crippen molar-refractivity contribution < 1.29 is 5.11 Å². The lowest BCUT2D eigenvalue weighted by Crippen LogP contribution is -2.19. The maximum atomic E-state index is 11.9. The number of rotatable bonds is 3. The molecule has 2 heterocycles. The molecule has 3 aromatic rings. The summed E-state index contributed by atoms with van der Waals surface area (Å²) >= 11 is 5.87. The molecule has 0 unspecified atom stereocenters. The maximum Gasteiger partial charge on any atom is 0.252 e. The van der Waals surface area contributed by atoms with E-state index in [2.05, 4.69) is 15.3 Å². The highest BCUT2D eigenvalue weighted by Crippen LogP contribution is 2.27. The Bertz CT molecular complexity index is 908. The van der Waals surface area contributed by atoms with E-state index in [0.717, 1.165) is 5.39 Å². The zero-order valence-electron chi connectivity index (χ0n) is 11.7. The number of phenolic OH excluding ortho intramolecular Hbond substituents is 1. The molecule has 0 radical (unpaired) electrons. The van der Waals surface area contributed by atoms with Crippen molar-refractivity contribution in [2.75, 3.05) is 5.32 Å². The van der Waals surface area contributed by atoms with Gasteiger partial charge < -0.3 is 10.4 Å². The zero-order valence-corrected chi connectivity index (χ0v) is 12.5. The number of aryl methyl sites for hydroxylation is 1. The van der Waals surface area contributed by atoms with Crippen molar-refractivity contribution in [1.29, 1.82) is 0 Å². The van der Waals surface area contributed by atoms with Gasteiger partial charge in [0.1, 0.15) is 11.4 Å². The Labute approximate surface area is 131 Å². The van der Waals surface area contributed by atoms with Gasteiger partial charge in [0.2, 0.25) is 5.95 Å². The smallest absolute Gasteiger partial charge is 0.252 e. The van der Waals surface area contributed by atoms with Gasteiger partial charge in [0.05, 0.1) is 5.02 Å². The quantitative estimate of drug-likeness (QED) is 0.726. The second-order valence-corrected chi connectivity index (χ2v) is 5.09. The highest BCUT2D eigenvalue weighted by atomic mass is 35.5. The number of aromatic hydroxyl groups is 1. The average molecular weight is 317 g/mol. The molecular weight excluding hydrogens is 304 g/mol. The molecule has 112 valence electrons. The molecule has 22 heavy (non-hydrogen) atoms. The van der Waals surface area contributed by atoms with Gasteiger partial charge in [-0.2, -0.15) is 4.98 Å². The number of halogens is 1. The molecule has 0 atom stereocenters. The largest absolute Gasteiger partial charge is 0.506 e. The number of benzene rings is 1. The lowest BCUT2D eigenvalue weighted by Gasteiger charge is -2.09. The predicted molar refractivity (Wildman–Crippen MR) is 85.9 cm³/mol. The summed E-state index contributed by atoms with van der Waals surface area (Å²) in [7, 11) is 0. The molecule has 2 aromatic heterocycles. The van der Waals surface area contributed by atoms with Gasteiger partial charge in [-0.15, -0.1) is 0 Å². The molecule has 1 aromatic carbocycles. The Morgan fingerprint density at radius 1 is 1.32 bits per heavy atom. The normalized spacial score (nSPS) is 10.8. The lowest BCUT2D eigenvalue weighted by atomic mass is 10.3. The molecule has 0 bridgehead atoms. The third-order valence-electron chi connectivity index (χ3n) is 3.24. The van der Waals surface area contributed by atoms with Crippen LogP contribution in [0.15, 0.2) is 41.3 Å². The van der Waals surface area contributed by atoms with Crippen LogP contribution in [0.25, 0.3) is 11.0 Å². The number of aromatic nitrogens is 3. The summed E-state index contributed by atoms with van der Waals surface area (Å²) in [6, 6.07) is 7.91. The van der Waals surface area contributed by atoms with Crippen molar-refractivity contribution >= 4 is 34.3 Å². The van der Waals surface area contributed by atoms with Crippen LogP contribution in [0.3, 0.4) is 0 Å². The Kier molecular flexibility index (Phi) is 3.68. The second kappa shape index (κ2) is 5.65. The predicted octanol–water partition coefficient (Wildman–Crippen LogP) is 2.91. The number of hydrogen-bond donors (Lipinski definition) is 2. The summed E-state index contributed by atoms with van der Waals surface area (Å²) in [5.41, 5.74) is 1.10. The van der Waals surface area contributed by atoms with E-state index in [-0.39, 0.29) is 16.3 Å². The van der Waals surface area contributed by atoms with Gasteiger partial charge >= 0.3 is 0 Å². The first-order chi connectivity index (χ1) is 10.6. The highest BCUT2D eigenvalue weighted by molar-refractivity contribution is 6.32. The van der Waals surface area contributed by atoms with Gasteiger partial charge in [-0.3, -0.25) is 9.36 Å². The van der Waals surface area contributed by atoms with Gasteiger partial charge in [0.15, 0.2) is 0 Å². The number of pyridine rings is 1. The summed E-state index contributed by atoms with van der Waals surface area (Å²) < 4.78 is 1.58. The van der Waals surface area contributed by atoms with Gasteiger partial charge in [0, 0.05) is 29.9 Å². The minimum Gasteiger partial charge on any atom is -0.506 e. The van der Waals surface area contributed by atoms with Gasteiger partial charge in [0.25, 0.3) is 5.56 Å². The summed E-state index contributed by atoms with van der Waals surface area (Å²) in [5, 5.41) is 13.4. The third-order valence-corrected chi connectivity index (χ3v) is 3.55. The van der Waals surface area contributed by atoms with E-state index < -0.39 is 0 Å². The first-order valence-electron chi connectivity index (χ1n) is 6.70. The summed E-state index contributed by atoms with van der Waals surface area (Å²) in [5.74, 6) is 0.355. The van der Waals surface area contributed by atoms with Crippen molar-refractivity contribution in [2.45, 2.75) is 13.5 Å². The Morgan fingerprint density at radius 3 is 2.86 bits per heavy atom. The lowest BCUT2D eigenvalue weighted by molar-refractivity contribution is 0.475. The number of fused-ring (bicyclic) bond motifs is 1. The molecule has 0 spiro atoms. The molecule has 0 saturated heterocycles. The standard InChI is InChI=1S/C15H13ClN4O2/c1-2-20-13(22)6-3-9-8-17-15(19-14(9)20)18-10-4-5-12(21)11(16)7-10/h3-8,21H,2H2,1H3,(H,17,18,19). The van der Waals surface area contributed by atoms with Crippen molar-refractivity contribution in [3.05, 3.63) is 51.9 Å². The van der Waals surface area contributed by atoms with Crippen LogP contribution in [0, 0.1) is 0 Å². The van der Waals surface area contributed by atoms with E-state index in [4.69, 9.17) is 11.6 Å². The first kappa shape index (κ1) is 14.3. The van der Waals surface area contributed by atoms with Crippen molar-refractivity contribution in [3.8, 4) is 5.75 Å². The van der Waals surface area contributed by atoms with Crippen molar-refractivity contribution in [2.24, 2.45) is 0 Å². The van der Waals surface area contributed by atoms with Crippen LogP contribution in [0.1, 0.15) is 6.92 Å². The Morgan fingerprint density at radius 2 is 2.14 bits per heavy atom. The van der Waals surface area contributed by atoms with Gasteiger partial charge in [-0.25, -0.2) is 4.98 Å². The van der Waals surface area contributed by atoms with Crippen LogP contribution in [0.4, 0.5) is 11.6 Å². The van der Waals surface area contributed by atoms with E-state index in [0.29, 0.717) is 23.8 Å². The van der Waals surface area contributed by atoms with Gasteiger partial charge in [-0.05, 0) is 31.2 Å². The molecule has 0 aliphatic carbocycles. The molecule has 0 aliphatic rings. The van der Waals surface area contributed by atoms with Gasteiger partial charge in [-0.1, -0.05) is 11.6 Å². The minimum atomic E-state index is -0.104. The van der Waals surface area contributed by atoms with Crippen molar-refractivity contribution in [1.82, 2.24) is 14.5 Å². The average Bonchev–Trinajstić information content (AvgIpc) is 2.51. The fourth-order valence-corrected chi connectivity index (χ4v) is 2.33. The van der Waals surface area contributed by atoms with Crippen LogP contribution in [-0.2, 0) is 6.54 Å². The van der Waals surface area contributed by atoms with E-state index in [1.54, 1.807) is 29.0 Å². The fourth-order valence-electron chi connectivity index (χ4n) is 2.15. The molecule has 0 saturated carbocycles. The highest BCUT2D eigenvalue weighted by Gasteiger charge is 2.07. The zero-order chi connectivity index (χ0) is 15.7. The summed E-state index contributed by atoms with van der Waals surface area (Å²) in [6.07, 6.45) is 1.65. The van der Waals surface area contributed by atoms with Crippen LogP contribution in [-0.4, -0.2) is 19.6 Å². The molecule has 3 rings (SSSR count). The molecular formula is C15H13ClN4O2. The Hall–Kier alpha value is -2.60. The van der Waals surface area contributed by atoms with Crippen LogP contribution < -0.4 is 10.9 Å². The van der Waals surface area contributed by atoms with E-state index in [9.17, 15) is 9.90 Å². The maximum absolute atomic E-state index is 11.9. The molecule has 0 aliphatic heterocycles. The SMILES string of the molecule is CCn1c(=O)ccc2cnc(Nc3ccc(O)c(Cl)c3)nc21. The van der Waals surface area contributed by atoms with Crippen molar-refractivity contribution in [3.63, 3.8) is 0 Å². The monoisotopic (exact) mass is 316 g/mol. The third kappa shape index (κ3) is 2.60. The second-order valence-electron chi connectivity index (χ2n) is 4.68. The van der Waals surface area contributed by atoms with E-state index >= 15 is 0 Å². The van der Waals surface area contributed by atoms with Crippen LogP contribution in [0.5, 0.6) is 5.75 Å². The number of hydrogen-bond acceptors (Lipinski definition) is 5. The van der Waals surface area contributed by atoms with E-state index in [1.165, 1.54) is 12.1 Å². The number of nitrogens with zero attached hydrogens (tertiary/aromatic N) is 3. The fraction of sp³-hybridized carbons (Fsp3) is 0.133.